The maximum absolute atomic E-state index is 11.2. The number of benzene rings is 1. The predicted octanol–water partition coefficient (Wildman–Crippen LogP) is 2.81. The van der Waals surface area contributed by atoms with E-state index in [0.29, 0.717) is 23.6 Å². The van der Waals surface area contributed by atoms with Crippen LogP contribution in [-0.2, 0) is 0 Å². The van der Waals surface area contributed by atoms with Gasteiger partial charge in [0.2, 0.25) is 0 Å². The smallest absolute Gasteiger partial charge is 0.315 e. The van der Waals surface area contributed by atoms with E-state index in [9.17, 15) is 9.90 Å². The second kappa shape index (κ2) is 7.73. The number of aromatic hydroxyl groups is 1. The van der Waals surface area contributed by atoms with E-state index in [4.69, 9.17) is 23.2 Å². The van der Waals surface area contributed by atoms with Crippen LogP contribution in [0.15, 0.2) is 12.1 Å². The van der Waals surface area contributed by atoms with Gasteiger partial charge in [-0.1, -0.05) is 23.2 Å². The molecule has 5 nitrogen and oxygen atoms in total. The van der Waals surface area contributed by atoms with Crippen molar-refractivity contribution < 1.29 is 9.90 Å². The molecule has 7 heteroatoms. The molecular weight excluding hydrogens is 313 g/mol. The maximum atomic E-state index is 11.2. The Morgan fingerprint density at radius 2 is 1.86 bits per heavy atom. The number of rotatable bonds is 1. The predicted molar refractivity (Wildman–Crippen MR) is 84.1 cm³/mol. The Bertz CT molecular complexity index is 500. The Labute approximate surface area is 134 Å². The summed E-state index contributed by atoms with van der Waals surface area (Å²) in [7, 11) is 0. The zero-order chi connectivity index (χ0) is 15.2. The number of carbonyl (C=O) groups excluding carboxylic acids is 1. The molecular formula is C14H19Cl2N3O2. The number of nitrogens with one attached hydrogen (secondary N) is 3. The van der Waals surface area contributed by atoms with Crippen LogP contribution < -0.4 is 16.0 Å². The quantitative estimate of drug-likeness (QED) is 0.639. The first-order chi connectivity index (χ1) is 10.1. The Kier molecular flexibility index (Phi) is 5.96. The number of phenols is 1. The number of phenolic OH excluding ortho intramolecular Hbond substituents is 1. The Hall–Kier alpha value is -1.17. The molecule has 2 aliphatic heterocycles. The molecule has 1 aromatic carbocycles. The monoisotopic (exact) mass is 331 g/mol. The molecule has 2 heterocycles. The van der Waals surface area contributed by atoms with Gasteiger partial charge in [0.25, 0.3) is 0 Å². The van der Waals surface area contributed by atoms with Crippen LogP contribution >= 0.6 is 23.2 Å². The van der Waals surface area contributed by atoms with Gasteiger partial charge < -0.3 is 21.1 Å². The molecule has 0 saturated carbocycles. The van der Waals surface area contributed by atoms with Crippen molar-refractivity contribution in [3.8, 4) is 5.75 Å². The number of hydrogen-bond acceptors (Lipinski definition) is 3. The number of amides is 2. The summed E-state index contributed by atoms with van der Waals surface area (Å²) in [6, 6.07) is 2.41. The summed E-state index contributed by atoms with van der Waals surface area (Å²) >= 11 is 11.9. The van der Waals surface area contributed by atoms with Gasteiger partial charge in [0.1, 0.15) is 5.75 Å². The van der Waals surface area contributed by atoms with Crippen molar-refractivity contribution in [2.75, 3.05) is 19.6 Å². The number of urea groups is 1. The maximum Gasteiger partial charge on any atom is 0.315 e. The summed E-state index contributed by atoms with van der Waals surface area (Å²) < 4.78 is 0. The van der Waals surface area contributed by atoms with Crippen molar-refractivity contribution in [2.24, 2.45) is 0 Å². The molecule has 0 bridgehead atoms. The lowest BCUT2D eigenvalue weighted by atomic mass is 10.0. The van der Waals surface area contributed by atoms with Gasteiger partial charge in [-0.25, -0.2) is 4.79 Å². The lowest BCUT2D eigenvalue weighted by Gasteiger charge is -2.26. The average Bonchev–Trinajstić information content (AvgIpc) is 3.03. The topological polar surface area (TPSA) is 73.4 Å². The largest absolute Gasteiger partial charge is 0.508 e. The van der Waals surface area contributed by atoms with Gasteiger partial charge in [0.15, 0.2) is 0 Å². The van der Waals surface area contributed by atoms with Crippen molar-refractivity contribution in [2.45, 2.75) is 25.3 Å². The lowest BCUT2D eigenvalue weighted by molar-refractivity contribution is 0.229. The number of halogens is 2. The second-order valence-corrected chi connectivity index (χ2v) is 5.78. The average molecular weight is 332 g/mol. The van der Waals surface area contributed by atoms with Crippen molar-refractivity contribution >= 4 is 29.2 Å². The SMILES string of the molecule is C1CCNC1.O=C1NCCC(c2c(O)ccc(Cl)c2Cl)N1. The minimum atomic E-state index is -0.306. The highest BCUT2D eigenvalue weighted by atomic mass is 35.5. The lowest BCUT2D eigenvalue weighted by Crippen LogP contribution is -2.44. The minimum Gasteiger partial charge on any atom is -0.508 e. The molecule has 2 saturated heterocycles. The third-order valence-electron chi connectivity index (χ3n) is 3.44. The van der Waals surface area contributed by atoms with E-state index in [1.54, 1.807) is 0 Å². The Morgan fingerprint density at radius 1 is 1.14 bits per heavy atom. The van der Waals surface area contributed by atoms with E-state index in [0.717, 1.165) is 0 Å². The van der Waals surface area contributed by atoms with Gasteiger partial charge in [-0.15, -0.1) is 0 Å². The zero-order valence-electron chi connectivity index (χ0n) is 11.6. The summed E-state index contributed by atoms with van der Waals surface area (Å²) in [5.41, 5.74) is 0.476. The third-order valence-corrected chi connectivity index (χ3v) is 4.26. The van der Waals surface area contributed by atoms with Crippen molar-refractivity contribution in [3.05, 3.63) is 27.7 Å². The minimum absolute atomic E-state index is 0.0431. The molecule has 2 aliphatic rings. The van der Waals surface area contributed by atoms with Crippen LogP contribution in [0.4, 0.5) is 4.79 Å². The van der Waals surface area contributed by atoms with Crippen LogP contribution in [0.25, 0.3) is 0 Å². The molecule has 116 valence electrons. The summed E-state index contributed by atoms with van der Waals surface area (Å²) in [6.07, 6.45) is 3.43. The van der Waals surface area contributed by atoms with Crippen LogP contribution in [0, 0.1) is 0 Å². The first-order valence-electron chi connectivity index (χ1n) is 7.01. The van der Waals surface area contributed by atoms with Crippen LogP contribution in [0.1, 0.15) is 30.9 Å². The summed E-state index contributed by atoms with van der Waals surface area (Å²) in [5, 5.41) is 18.9. The van der Waals surface area contributed by atoms with Gasteiger partial charge in [-0.2, -0.15) is 0 Å². The van der Waals surface area contributed by atoms with Crippen LogP contribution in [0.3, 0.4) is 0 Å². The van der Waals surface area contributed by atoms with E-state index < -0.39 is 0 Å². The van der Waals surface area contributed by atoms with Crippen LogP contribution in [0.5, 0.6) is 5.75 Å². The highest BCUT2D eigenvalue weighted by Gasteiger charge is 2.25. The fraction of sp³-hybridized carbons (Fsp3) is 0.500. The molecule has 1 unspecified atom stereocenters. The molecule has 0 spiro atoms. The third kappa shape index (κ3) is 4.40. The molecule has 1 aromatic rings. The van der Waals surface area contributed by atoms with Gasteiger partial charge in [-0.05, 0) is 44.5 Å². The highest BCUT2D eigenvalue weighted by Crippen LogP contribution is 2.38. The molecule has 0 aliphatic carbocycles. The Balaban J connectivity index is 0.000000272. The fourth-order valence-electron chi connectivity index (χ4n) is 2.34. The van der Waals surface area contributed by atoms with Crippen LogP contribution in [0.2, 0.25) is 10.0 Å². The first kappa shape index (κ1) is 16.2. The van der Waals surface area contributed by atoms with E-state index in [-0.39, 0.29) is 22.8 Å². The van der Waals surface area contributed by atoms with Gasteiger partial charge in [0, 0.05) is 12.1 Å². The second-order valence-electron chi connectivity index (χ2n) is 4.99. The van der Waals surface area contributed by atoms with Gasteiger partial charge in [0.05, 0.1) is 16.1 Å². The molecule has 0 aromatic heterocycles. The normalized spacial score (nSPS) is 21.0. The zero-order valence-corrected chi connectivity index (χ0v) is 13.1. The molecule has 3 rings (SSSR count). The summed E-state index contributed by atoms with van der Waals surface area (Å²) in [4.78, 5) is 11.2. The number of hydrogen-bond donors (Lipinski definition) is 4. The summed E-state index contributed by atoms with van der Waals surface area (Å²) in [6.45, 7) is 3.04. The molecule has 2 amide bonds. The molecule has 0 radical (unpaired) electrons. The van der Waals surface area contributed by atoms with Gasteiger partial charge >= 0.3 is 6.03 Å². The van der Waals surface area contributed by atoms with E-state index >= 15 is 0 Å². The van der Waals surface area contributed by atoms with Gasteiger partial charge in [-0.3, -0.25) is 0 Å². The van der Waals surface area contributed by atoms with Crippen LogP contribution in [-0.4, -0.2) is 30.8 Å². The molecule has 21 heavy (non-hydrogen) atoms. The van der Waals surface area contributed by atoms with E-state index in [2.05, 4.69) is 16.0 Å². The molecule has 1 atom stereocenters. The number of carbonyl (C=O) groups is 1. The molecule has 2 fully saturated rings. The van der Waals surface area contributed by atoms with Crippen molar-refractivity contribution in [1.29, 1.82) is 0 Å². The standard InChI is InChI=1S/C10H10Cl2N2O2.C4H9N/c11-5-1-2-7(15)8(9(5)12)6-3-4-13-10(16)14-6;1-2-4-5-3-1/h1-2,6,15H,3-4H2,(H2,13,14,16);5H,1-4H2. The van der Waals surface area contributed by atoms with Crippen molar-refractivity contribution in [3.63, 3.8) is 0 Å². The van der Waals surface area contributed by atoms with Crippen molar-refractivity contribution in [1.82, 2.24) is 16.0 Å². The fourth-order valence-corrected chi connectivity index (χ4v) is 2.80. The Morgan fingerprint density at radius 3 is 2.43 bits per heavy atom. The molecule has 4 N–H and O–H groups in total. The first-order valence-corrected chi connectivity index (χ1v) is 7.77. The van der Waals surface area contributed by atoms with E-state index in [1.807, 2.05) is 0 Å². The summed E-state index contributed by atoms with van der Waals surface area (Å²) in [5.74, 6) is 0.0431. The highest BCUT2D eigenvalue weighted by molar-refractivity contribution is 6.42. The van der Waals surface area contributed by atoms with E-state index in [1.165, 1.54) is 38.1 Å².